The molecule has 3 heterocycles. The average Bonchev–Trinajstić information content (AvgIpc) is 2.57. The van der Waals surface area contributed by atoms with Gasteiger partial charge in [0.05, 0.1) is 17.4 Å². The molecule has 0 saturated carbocycles. The Morgan fingerprint density at radius 3 is 2.52 bits per heavy atom. The Morgan fingerprint density at radius 2 is 1.87 bits per heavy atom. The molecule has 3 rings (SSSR count). The minimum absolute atomic E-state index is 0.0249. The van der Waals surface area contributed by atoms with Gasteiger partial charge in [0.15, 0.2) is 0 Å². The van der Waals surface area contributed by atoms with E-state index in [1.807, 2.05) is 17.2 Å². The molecule has 1 aliphatic heterocycles. The van der Waals surface area contributed by atoms with Crippen molar-refractivity contribution in [2.24, 2.45) is 7.05 Å². The normalized spacial score (nSPS) is 14.9. The molecule has 2 aromatic rings. The smallest absolute Gasteiger partial charge is 0.255 e. The second-order valence-corrected chi connectivity index (χ2v) is 5.81. The molecule has 1 saturated heterocycles. The van der Waals surface area contributed by atoms with Crippen molar-refractivity contribution >= 4 is 11.6 Å². The maximum atomic E-state index is 12.6. The van der Waals surface area contributed by atoms with Crippen LogP contribution in [-0.4, -0.2) is 46.5 Å². The maximum Gasteiger partial charge on any atom is 0.255 e. The van der Waals surface area contributed by atoms with Gasteiger partial charge in [-0.15, -0.1) is 0 Å². The van der Waals surface area contributed by atoms with Crippen molar-refractivity contribution in [2.45, 2.75) is 6.92 Å². The predicted octanol–water partition coefficient (Wildman–Crippen LogP) is 1.05. The third kappa shape index (κ3) is 3.11. The summed E-state index contributed by atoms with van der Waals surface area (Å²) < 4.78 is 1.43. The van der Waals surface area contributed by atoms with Crippen molar-refractivity contribution in [3.63, 3.8) is 0 Å². The number of hydrogen-bond donors (Lipinski definition) is 0. The van der Waals surface area contributed by atoms with Crippen LogP contribution in [0.1, 0.15) is 15.9 Å². The third-order valence-corrected chi connectivity index (χ3v) is 4.25. The number of aryl methyl sites for hydroxylation is 2. The molecule has 0 atom stereocenters. The highest BCUT2D eigenvalue weighted by molar-refractivity contribution is 5.94. The predicted molar refractivity (Wildman–Crippen MR) is 88.8 cm³/mol. The first-order valence-corrected chi connectivity index (χ1v) is 7.68. The van der Waals surface area contributed by atoms with Crippen molar-refractivity contribution in [3.8, 4) is 0 Å². The number of hydrogen-bond acceptors (Lipinski definition) is 4. The Labute approximate surface area is 135 Å². The molecule has 1 aliphatic rings. The van der Waals surface area contributed by atoms with Gasteiger partial charge in [0, 0.05) is 51.7 Å². The summed E-state index contributed by atoms with van der Waals surface area (Å²) in [6.07, 6.45) is 5.26. The summed E-state index contributed by atoms with van der Waals surface area (Å²) >= 11 is 0. The fourth-order valence-electron chi connectivity index (χ4n) is 2.84. The lowest BCUT2D eigenvalue weighted by Crippen LogP contribution is -2.49. The van der Waals surface area contributed by atoms with Crippen molar-refractivity contribution in [1.82, 2.24) is 14.5 Å². The second-order valence-electron chi connectivity index (χ2n) is 5.81. The second kappa shape index (κ2) is 6.24. The fraction of sp³-hybridized carbons (Fsp3) is 0.353. The molecule has 1 fully saturated rings. The van der Waals surface area contributed by atoms with Crippen LogP contribution in [-0.2, 0) is 7.05 Å². The molecular weight excluding hydrogens is 292 g/mol. The summed E-state index contributed by atoms with van der Waals surface area (Å²) in [4.78, 5) is 32.3. The highest BCUT2D eigenvalue weighted by atomic mass is 16.2. The number of carbonyl (C=O) groups excluding carboxylic acids is 1. The van der Waals surface area contributed by atoms with E-state index in [1.54, 1.807) is 25.5 Å². The molecule has 0 unspecified atom stereocenters. The number of piperazine rings is 1. The highest BCUT2D eigenvalue weighted by Crippen LogP contribution is 2.20. The average molecular weight is 312 g/mol. The van der Waals surface area contributed by atoms with E-state index in [0.717, 1.165) is 18.8 Å². The van der Waals surface area contributed by atoms with Crippen LogP contribution >= 0.6 is 0 Å². The van der Waals surface area contributed by atoms with Crippen LogP contribution in [0, 0.1) is 6.92 Å². The Balaban J connectivity index is 1.69. The van der Waals surface area contributed by atoms with Gasteiger partial charge in [0.2, 0.25) is 5.56 Å². The number of amides is 1. The minimum atomic E-state index is -0.113. The van der Waals surface area contributed by atoms with Gasteiger partial charge in [0.1, 0.15) is 0 Å². The van der Waals surface area contributed by atoms with E-state index in [0.29, 0.717) is 18.7 Å². The van der Waals surface area contributed by atoms with Crippen molar-refractivity contribution in [1.29, 1.82) is 0 Å². The zero-order valence-electron chi connectivity index (χ0n) is 13.4. The van der Waals surface area contributed by atoms with E-state index in [9.17, 15) is 9.59 Å². The van der Waals surface area contributed by atoms with E-state index in [1.165, 1.54) is 16.2 Å². The topological polar surface area (TPSA) is 58.4 Å². The molecule has 0 spiro atoms. The molecule has 1 amide bonds. The molecule has 0 aliphatic carbocycles. The molecule has 6 nitrogen and oxygen atoms in total. The molecule has 120 valence electrons. The SMILES string of the molecule is Cc1ccncc1N1CCN(C(=O)c2ccc(=O)n(C)c2)CC1. The monoisotopic (exact) mass is 312 g/mol. The Kier molecular flexibility index (Phi) is 4.14. The summed E-state index contributed by atoms with van der Waals surface area (Å²) in [5.41, 5.74) is 2.76. The Hall–Kier alpha value is -2.63. The number of anilines is 1. The van der Waals surface area contributed by atoms with Gasteiger partial charge in [-0.25, -0.2) is 0 Å². The van der Waals surface area contributed by atoms with Crippen molar-refractivity contribution in [3.05, 3.63) is 58.3 Å². The zero-order chi connectivity index (χ0) is 16.4. The summed E-state index contributed by atoms with van der Waals surface area (Å²) in [6, 6.07) is 5.03. The standard InChI is InChI=1S/C17H20N4O2/c1-13-5-6-18-11-15(13)20-7-9-21(10-8-20)17(23)14-3-4-16(22)19(2)12-14/h3-6,11-12H,7-10H2,1-2H3. The lowest BCUT2D eigenvalue weighted by atomic mass is 10.2. The number of rotatable bonds is 2. The first-order valence-electron chi connectivity index (χ1n) is 7.68. The lowest BCUT2D eigenvalue weighted by molar-refractivity contribution is 0.0746. The molecule has 0 radical (unpaired) electrons. The number of carbonyl (C=O) groups is 1. The van der Waals surface area contributed by atoms with E-state index in [4.69, 9.17) is 0 Å². The van der Waals surface area contributed by atoms with Crippen molar-refractivity contribution < 1.29 is 4.79 Å². The summed E-state index contributed by atoms with van der Waals surface area (Å²) in [5.74, 6) is -0.0249. The van der Waals surface area contributed by atoms with Gasteiger partial charge in [-0.3, -0.25) is 14.6 Å². The van der Waals surface area contributed by atoms with E-state index in [-0.39, 0.29) is 11.5 Å². The van der Waals surface area contributed by atoms with Gasteiger partial charge in [-0.1, -0.05) is 0 Å². The number of pyridine rings is 2. The molecule has 2 aromatic heterocycles. The lowest BCUT2D eigenvalue weighted by Gasteiger charge is -2.36. The zero-order valence-corrected chi connectivity index (χ0v) is 13.4. The van der Waals surface area contributed by atoms with Crippen molar-refractivity contribution in [2.75, 3.05) is 31.1 Å². The van der Waals surface area contributed by atoms with Crippen LogP contribution in [0.2, 0.25) is 0 Å². The van der Waals surface area contributed by atoms with E-state index < -0.39 is 0 Å². The number of nitrogens with zero attached hydrogens (tertiary/aromatic N) is 4. The van der Waals surface area contributed by atoms with Gasteiger partial charge in [-0.05, 0) is 24.6 Å². The van der Waals surface area contributed by atoms with Gasteiger partial charge < -0.3 is 14.4 Å². The maximum absolute atomic E-state index is 12.6. The fourth-order valence-corrected chi connectivity index (χ4v) is 2.84. The van der Waals surface area contributed by atoms with Crippen LogP contribution in [0.15, 0.2) is 41.6 Å². The first kappa shape index (κ1) is 15.3. The van der Waals surface area contributed by atoms with E-state index in [2.05, 4.69) is 16.8 Å². The summed E-state index contributed by atoms with van der Waals surface area (Å²) in [6.45, 7) is 4.96. The highest BCUT2D eigenvalue weighted by Gasteiger charge is 2.23. The van der Waals surface area contributed by atoms with E-state index >= 15 is 0 Å². The largest absolute Gasteiger partial charge is 0.367 e. The van der Waals surface area contributed by atoms with Gasteiger partial charge >= 0.3 is 0 Å². The molecular formula is C17H20N4O2. The van der Waals surface area contributed by atoms with Gasteiger partial charge in [-0.2, -0.15) is 0 Å². The Bertz CT molecular complexity index is 776. The number of aromatic nitrogens is 2. The van der Waals surface area contributed by atoms with Crippen LogP contribution in [0.5, 0.6) is 0 Å². The molecule has 0 aromatic carbocycles. The first-order chi connectivity index (χ1) is 11.1. The van der Waals surface area contributed by atoms with Crippen LogP contribution in [0.25, 0.3) is 0 Å². The Morgan fingerprint density at radius 1 is 1.13 bits per heavy atom. The quantitative estimate of drug-likeness (QED) is 0.832. The van der Waals surface area contributed by atoms with Crippen LogP contribution < -0.4 is 10.5 Å². The molecule has 6 heteroatoms. The van der Waals surface area contributed by atoms with Crippen LogP contribution in [0.3, 0.4) is 0 Å². The van der Waals surface area contributed by atoms with Crippen LogP contribution in [0.4, 0.5) is 5.69 Å². The third-order valence-electron chi connectivity index (χ3n) is 4.25. The summed E-state index contributed by atoms with van der Waals surface area (Å²) in [5, 5.41) is 0. The molecule has 23 heavy (non-hydrogen) atoms. The summed E-state index contributed by atoms with van der Waals surface area (Å²) in [7, 11) is 1.65. The minimum Gasteiger partial charge on any atom is -0.367 e. The molecule has 0 bridgehead atoms. The van der Waals surface area contributed by atoms with Gasteiger partial charge in [0.25, 0.3) is 5.91 Å². The molecule has 0 N–H and O–H groups in total.